The highest BCUT2D eigenvalue weighted by atomic mass is 32.2. The number of carbonyl (C=O) groups is 1. The molecule has 1 aromatic rings. The van der Waals surface area contributed by atoms with Gasteiger partial charge in [0, 0.05) is 12.5 Å². The number of hydrogen-bond acceptors (Lipinski definition) is 5. The van der Waals surface area contributed by atoms with Gasteiger partial charge in [-0.1, -0.05) is 0 Å². The summed E-state index contributed by atoms with van der Waals surface area (Å²) >= 11 is 0. The second kappa shape index (κ2) is 4.01. The van der Waals surface area contributed by atoms with E-state index in [4.69, 9.17) is 0 Å². The van der Waals surface area contributed by atoms with Gasteiger partial charge in [0.05, 0.1) is 7.11 Å². The Balaban J connectivity index is 3.00. The lowest BCUT2D eigenvalue weighted by Gasteiger charge is -2.08. The molecule has 1 atom stereocenters. The van der Waals surface area contributed by atoms with Crippen molar-refractivity contribution >= 4 is 15.8 Å². The van der Waals surface area contributed by atoms with Crippen molar-refractivity contribution in [3.05, 3.63) is 18.0 Å². The van der Waals surface area contributed by atoms with Crippen molar-refractivity contribution in [2.75, 3.05) is 13.4 Å². The van der Waals surface area contributed by atoms with E-state index in [-0.39, 0.29) is 5.69 Å². The normalized spacial score (nSPS) is 13.5. The van der Waals surface area contributed by atoms with Crippen LogP contribution >= 0.6 is 0 Å². The van der Waals surface area contributed by atoms with Crippen molar-refractivity contribution in [3.63, 3.8) is 0 Å². The molecule has 0 saturated heterocycles. The molecule has 1 rings (SSSR count). The molecule has 1 unspecified atom stereocenters. The van der Waals surface area contributed by atoms with E-state index in [0.29, 0.717) is 0 Å². The number of rotatable bonds is 3. The van der Waals surface area contributed by atoms with E-state index in [9.17, 15) is 13.2 Å². The molecule has 0 aliphatic carbocycles. The van der Waals surface area contributed by atoms with E-state index < -0.39 is 21.2 Å². The van der Waals surface area contributed by atoms with Crippen LogP contribution in [-0.2, 0) is 14.6 Å². The van der Waals surface area contributed by atoms with Crippen molar-refractivity contribution in [1.82, 2.24) is 9.78 Å². The molecule has 0 radical (unpaired) electrons. The average molecular weight is 232 g/mol. The zero-order valence-electron chi connectivity index (χ0n) is 8.67. The van der Waals surface area contributed by atoms with E-state index in [1.807, 2.05) is 0 Å². The summed E-state index contributed by atoms with van der Waals surface area (Å²) in [4.78, 5) is 11.1. The average Bonchev–Trinajstić information content (AvgIpc) is 2.62. The van der Waals surface area contributed by atoms with Crippen LogP contribution in [0.4, 0.5) is 0 Å². The Bertz CT molecular complexity index is 463. The number of carbonyl (C=O) groups excluding carboxylic acids is 1. The molecule has 0 N–H and O–H groups in total. The van der Waals surface area contributed by atoms with Gasteiger partial charge < -0.3 is 4.74 Å². The molecule has 0 spiro atoms. The van der Waals surface area contributed by atoms with Gasteiger partial charge in [0.2, 0.25) is 0 Å². The molecule has 0 saturated carbocycles. The Kier molecular flexibility index (Phi) is 3.13. The Morgan fingerprint density at radius 1 is 1.60 bits per heavy atom. The molecule has 0 bridgehead atoms. The highest BCUT2D eigenvalue weighted by Gasteiger charge is 2.19. The van der Waals surface area contributed by atoms with Crippen LogP contribution in [0.5, 0.6) is 0 Å². The van der Waals surface area contributed by atoms with Crippen LogP contribution in [0.1, 0.15) is 22.8 Å². The molecule has 7 heteroatoms. The highest BCUT2D eigenvalue weighted by molar-refractivity contribution is 7.90. The maximum absolute atomic E-state index is 11.2. The Hall–Kier alpha value is -1.37. The molecule has 0 amide bonds. The first-order valence-electron chi connectivity index (χ1n) is 4.18. The third-order valence-electron chi connectivity index (χ3n) is 2.00. The summed E-state index contributed by atoms with van der Waals surface area (Å²) in [5, 5.41) is 3.01. The Morgan fingerprint density at radius 2 is 2.20 bits per heavy atom. The van der Waals surface area contributed by atoms with Crippen molar-refractivity contribution in [2.45, 2.75) is 12.3 Å². The number of methoxy groups -OCH3 is 1. The first kappa shape index (κ1) is 11.7. The fourth-order valence-electron chi connectivity index (χ4n) is 0.950. The van der Waals surface area contributed by atoms with Crippen LogP contribution < -0.4 is 0 Å². The summed E-state index contributed by atoms with van der Waals surface area (Å²) in [5.74, 6) is -0.588. The van der Waals surface area contributed by atoms with Crippen LogP contribution in [0.25, 0.3) is 0 Å². The zero-order chi connectivity index (χ0) is 11.6. The quantitative estimate of drug-likeness (QED) is 0.697. The van der Waals surface area contributed by atoms with Crippen LogP contribution in [0.3, 0.4) is 0 Å². The molecular weight excluding hydrogens is 220 g/mol. The third-order valence-corrected chi connectivity index (χ3v) is 3.45. The lowest BCUT2D eigenvalue weighted by Crippen LogP contribution is -2.16. The summed E-state index contributed by atoms with van der Waals surface area (Å²) in [6.45, 7) is 1.49. The van der Waals surface area contributed by atoms with Crippen molar-refractivity contribution in [1.29, 1.82) is 0 Å². The fourth-order valence-corrected chi connectivity index (χ4v) is 1.46. The van der Waals surface area contributed by atoms with Gasteiger partial charge in [-0.05, 0) is 13.0 Å². The topological polar surface area (TPSA) is 78.3 Å². The van der Waals surface area contributed by atoms with E-state index in [1.54, 1.807) is 0 Å². The molecule has 15 heavy (non-hydrogen) atoms. The number of aromatic nitrogens is 2. The summed E-state index contributed by atoms with van der Waals surface area (Å²) in [6.07, 6.45) is 2.54. The highest BCUT2D eigenvalue weighted by Crippen LogP contribution is 2.12. The minimum atomic E-state index is -3.23. The molecular formula is C8H12N2O4S. The SMILES string of the molecule is COC(=O)c1ccn(C(C)S(C)(=O)=O)n1. The molecule has 1 aromatic heterocycles. The maximum Gasteiger partial charge on any atom is 0.358 e. The first-order valence-corrected chi connectivity index (χ1v) is 6.14. The largest absolute Gasteiger partial charge is 0.464 e. The molecule has 0 aromatic carbocycles. The Morgan fingerprint density at radius 3 is 2.67 bits per heavy atom. The number of ether oxygens (including phenoxy) is 1. The predicted molar refractivity (Wildman–Crippen MR) is 53.1 cm³/mol. The van der Waals surface area contributed by atoms with Crippen LogP contribution in [0.15, 0.2) is 12.3 Å². The molecule has 84 valence electrons. The number of nitrogens with zero attached hydrogens (tertiary/aromatic N) is 2. The maximum atomic E-state index is 11.2. The predicted octanol–water partition coefficient (Wildman–Crippen LogP) is 0.233. The number of esters is 1. The monoisotopic (exact) mass is 232 g/mol. The van der Waals surface area contributed by atoms with Crippen LogP contribution in [-0.4, -0.2) is 37.5 Å². The van der Waals surface area contributed by atoms with E-state index in [0.717, 1.165) is 6.26 Å². The number of sulfone groups is 1. The fraction of sp³-hybridized carbons (Fsp3) is 0.500. The lowest BCUT2D eigenvalue weighted by atomic mass is 10.4. The summed E-state index contributed by atoms with van der Waals surface area (Å²) < 4.78 is 28.1. The minimum absolute atomic E-state index is 0.0907. The number of hydrogen-bond donors (Lipinski definition) is 0. The molecule has 0 fully saturated rings. The third kappa shape index (κ3) is 2.56. The van der Waals surface area contributed by atoms with Gasteiger partial charge in [-0.25, -0.2) is 13.2 Å². The van der Waals surface area contributed by atoms with Gasteiger partial charge in [0.15, 0.2) is 15.5 Å². The van der Waals surface area contributed by atoms with Crippen molar-refractivity contribution in [3.8, 4) is 0 Å². The van der Waals surface area contributed by atoms with Gasteiger partial charge in [-0.15, -0.1) is 0 Å². The van der Waals surface area contributed by atoms with Gasteiger partial charge >= 0.3 is 5.97 Å². The summed E-state index contributed by atoms with van der Waals surface area (Å²) in [7, 11) is -1.99. The second-order valence-corrected chi connectivity index (χ2v) is 5.44. The van der Waals surface area contributed by atoms with Gasteiger partial charge in [-0.2, -0.15) is 5.10 Å². The summed E-state index contributed by atoms with van der Waals surface area (Å²) in [6, 6.07) is 1.41. The van der Waals surface area contributed by atoms with Crippen molar-refractivity contribution in [2.24, 2.45) is 0 Å². The van der Waals surface area contributed by atoms with E-state index in [1.165, 1.54) is 31.0 Å². The van der Waals surface area contributed by atoms with Crippen LogP contribution in [0, 0.1) is 0 Å². The van der Waals surface area contributed by atoms with Gasteiger partial charge in [0.1, 0.15) is 5.37 Å². The first-order chi connectivity index (χ1) is 6.86. The zero-order valence-corrected chi connectivity index (χ0v) is 9.48. The molecule has 0 aliphatic heterocycles. The smallest absolute Gasteiger partial charge is 0.358 e. The standard InChI is InChI=1S/C8H12N2O4S/c1-6(15(3,12)13)10-5-4-7(9-10)8(11)14-2/h4-6H,1-3H3. The minimum Gasteiger partial charge on any atom is -0.464 e. The van der Waals surface area contributed by atoms with E-state index in [2.05, 4.69) is 9.84 Å². The van der Waals surface area contributed by atoms with Crippen LogP contribution in [0.2, 0.25) is 0 Å². The second-order valence-electron chi connectivity index (χ2n) is 3.10. The van der Waals surface area contributed by atoms with Gasteiger partial charge in [-0.3, -0.25) is 4.68 Å². The summed E-state index contributed by atoms with van der Waals surface area (Å²) in [5.41, 5.74) is 0.0907. The Labute approximate surface area is 87.8 Å². The van der Waals surface area contributed by atoms with E-state index >= 15 is 0 Å². The van der Waals surface area contributed by atoms with Gasteiger partial charge in [0.25, 0.3) is 0 Å². The molecule has 6 nitrogen and oxygen atoms in total. The lowest BCUT2D eigenvalue weighted by molar-refractivity contribution is 0.0593. The molecule has 1 heterocycles. The molecule has 0 aliphatic rings. The van der Waals surface area contributed by atoms with Crippen molar-refractivity contribution < 1.29 is 17.9 Å².